The van der Waals surface area contributed by atoms with Crippen molar-refractivity contribution in [1.29, 1.82) is 5.26 Å². The molecule has 0 spiro atoms. The monoisotopic (exact) mass is 249 g/mol. The lowest BCUT2D eigenvalue weighted by Crippen LogP contribution is -2.54. The third-order valence-corrected chi connectivity index (χ3v) is 4.93. The van der Waals surface area contributed by atoms with Crippen molar-refractivity contribution in [2.75, 3.05) is 26.2 Å². The van der Waals surface area contributed by atoms with Gasteiger partial charge in [-0.1, -0.05) is 19.8 Å². The molecule has 1 heterocycles. The first-order valence-electron chi connectivity index (χ1n) is 7.64. The summed E-state index contributed by atoms with van der Waals surface area (Å²) in [6.45, 7) is 9.28. The summed E-state index contributed by atoms with van der Waals surface area (Å²) in [5, 5.41) is 9.28. The van der Waals surface area contributed by atoms with E-state index < -0.39 is 0 Å². The summed E-state index contributed by atoms with van der Waals surface area (Å²) in [6, 6.07) is 3.80. The van der Waals surface area contributed by atoms with Crippen LogP contribution in [0.25, 0.3) is 0 Å². The third-order valence-electron chi connectivity index (χ3n) is 4.93. The Hall–Kier alpha value is -0.590. The van der Waals surface area contributed by atoms with Gasteiger partial charge in [-0.05, 0) is 26.2 Å². The SMILES string of the molecule is CCC(C)N1CCN(C2CCCCC2C#N)CC1. The van der Waals surface area contributed by atoms with Gasteiger partial charge < -0.3 is 0 Å². The molecule has 1 aliphatic heterocycles. The molecular formula is C15H27N3. The van der Waals surface area contributed by atoms with Gasteiger partial charge in [0.15, 0.2) is 0 Å². The van der Waals surface area contributed by atoms with E-state index >= 15 is 0 Å². The summed E-state index contributed by atoms with van der Waals surface area (Å²) in [6.07, 6.45) is 6.16. The normalized spacial score (nSPS) is 32.9. The first-order chi connectivity index (χ1) is 8.76. The molecule has 0 aromatic heterocycles. The fourth-order valence-corrected chi connectivity index (χ4v) is 3.47. The molecule has 0 aromatic carbocycles. The molecule has 3 atom stereocenters. The van der Waals surface area contributed by atoms with E-state index in [1.165, 1.54) is 38.8 Å². The summed E-state index contributed by atoms with van der Waals surface area (Å²) < 4.78 is 0. The molecule has 0 radical (unpaired) electrons. The van der Waals surface area contributed by atoms with Crippen LogP contribution in [0.5, 0.6) is 0 Å². The lowest BCUT2D eigenvalue weighted by Gasteiger charge is -2.43. The molecule has 1 saturated heterocycles. The molecule has 3 heteroatoms. The van der Waals surface area contributed by atoms with Gasteiger partial charge in [-0.3, -0.25) is 9.80 Å². The molecule has 0 aromatic rings. The predicted octanol–water partition coefficient (Wildman–Crippen LogP) is 2.48. The summed E-state index contributed by atoms with van der Waals surface area (Å²) in [5.74, 6) is 0.286. The molecule has 0 bridgehead atoms. The quantitative estimate of drug-likeness (QED) is 0.770. The zero-order valence-electron chi connectivity index (χ0n) is 11.9. The molecule has 2 rings (SSSR count). The Labute approximate surface area is 112 Å². The third kappa shape index (κ3) is 3.05. The van der Waals surface area contributed by atoms with Crippen molar-refractivity contribution in [2.45, 2.75) is 58.0 Å². The summed E-state index contributed by atoms with van der Waals surface area (Å²) >= 11 is 0. The van der Waals surface area contributed by atoms with Crippen LogP contribution in [-0.4, -0.2) is 48.1 Å². The van der Waals surface area contributed by atoms with Crippen molar-refractivity contribution in [3.8, 4) is 6.07 Å². The van der Waals surface area contributed by atoms with Crippen molar-refractivity contribution in [3.63, 3.8) is 0 Å². The number of nitrogens with zero attached hydrogens (tertiary/aromatic N) is 3. The smallest absolute Gasteiger partial charge is 0.0672 e. The van der Waals surface area contributed by atoms with Crippen molar-refractivity contribution in [2.24, 2.45) is 5.92 Å². The molecule has 0 amide bonds. The Morgan fingerprint density at radius 3 is 2.44 bits per heavy atom. The van der Waals surface area contributed by atoms with E-state index in [2.05, 4.69) is 29.7 Å². The van der Waals surface area contributed by atoms with Gasteiger partial charge >= 0.3 is 0 Å². The van der Waals surface area contributed by atoms with E-state index in [0.717, 1.165) is 19.5 Å². The van der Waals surface area contributed by atoms with Gasteiger partial charge in [-0.2, -0.15) is 5.26 Å². The second kappa shape index (κ2) is 6.54. The highest BCUT2D eigenvalue weighted by Crippen LogP contribution is 2.28. The minimum Gasteiger partial charge on any atom is -0.298 e. The van der Waals surface area contributed by atoms with Crippen LogP contribution in [-0.2, 0) is 0 Å². The van der Waals surface area contributed by atoms with Gasteiger partial charge in [-0.15, -0.1) is 0 Å². The molecule has 102 valence electrons. The van der Waals surface area contributed by atoms with Crippen molar-refractivity contribution in [1.82, 2.24) is 9.80 Å². The van der Waals surface area contributed by atoms with Crippen LogP contribution in [0.3, 0.4) is 0 Å². The van der Waals surface area contributed by atoms with Gasteiger partial charge in [0.2, 0.25) is 0 Å². The number of piperazine rings is 1. The highest BCUT2D eigenvalue weighted by Gasteiger charge is 2.32. The van der Waals surface area contributed by atoms with E-state index in [-0.39, 0.29) is 5.92 Å². The standard InChI is InChI=1S/C15H27N3/c1-3-13(2)17-8-10-18(11-9-17)15-7-5-4-6-14(15)12-16/h13-15H,3-11H2,1-2H3. The maximum atomic E-state index is 9.28. The van der Waals surface area contributed by atoms with Gasteiger partial charge in [0.25, 0.3) is 0 Å². The number of hydrogen-bond acceptors (Lipinski definition) is 3. The fraction of sp³-hybridized carbons (Fsp3) is 0.933. The molecule has 1 saturated carbocycles. The van der Waals surface area contributed by atoms with Gasteiger partial charge in [0.1, 0.15) is 0 Å². The molecule has 2 aliphatic rings. The number of hydrogen-bond donors (Lipinski definition) is 0. The van der Waals surface area contributed by atoms with E-state index in [0.29, 0.717) is 12.1 Å². The number of rotatable bonds is 3. The highest BCUT2D eigenvalue weighted by molar-refractivity contribution is 4.96. The average Bonchev–Trinajstić information content (AvgIpc) is 2.46. The Kier molecular flexibility index (Phi) is 5.03. The zero-order chi connectivity index (χ0) is 13.0. The van der Waals surface area contributed by atoms with Crippen LogP contribution in [0.1, 0.15) is 46.0 Å². The van der Waals surface area contributed by atoms with Crippen LogP contribution in [0, 0.1) is 17.2 Å². The average molecular weight is 249 g/mol. The molecule has 3 unspecified atom stereocenters. The minimum absolute atomic E-state index is 0.286. The van der Waals surface area contributed by atoms with Gasteiger partial charge in [0.05, 0.1) is 12.0 Å². The van der Waals surface area contributed by atoms with E-state index in [1.54, 1.807) is 0 Å². The second-order valence-electron chi connectivity index (χ2n) is 5.92. The molecule has 0 N–H and O–H groups in total. The largest absolute Gasteiger partial charge is 0.298 e. The van der Waals surface area contributed by atoms with Gasteiger partial charge in [0, 0.05) is 38.3 Å². The number of nitriles is 1. The highest BCUT2D eigenvalue weighted by atomic mass is 15.3. The van der Waals surface area contributed by atoms with E-state index in [4.69, 9.17) is 0 Å². The Morgan fingerprint density at radius 1 is 1.17 bits per heavy atom. The molecular weight excluding hydrogens is 222 g/mol. The second-order valence-corrected chi connectivity index (χ2v) is 5.92. The van der Waals surface area contributed by atoms with Crippen molar-refractivity contribution < 1.29 is 0 Å². The summed E-state index contributed by atoms with van der Waals surface area (Å²) in [7, 11) is 0. The van der Waals surface area contributed by atoms with Crippen molar-refractivity contribution >= 4 is 0 Å². The maximum absolute atomic E-state index is 9.28. The topological polar surface area (TPSA) is 30.3 Å². The maximum Gasteiger partial charge on any atom is 0.0672 e. The molecule has 1 aliphatic carbocycles. The zero-order valence-corrected chi connectivity index (χ0v) is 11.9. The molecule has 3 nitrogen and oxygen atoms in total. The minimum atomic E-state index is 0.286. The first-order valence-corrected chi connectivity index (χ1v) is 7.64. The summed E-state index contributed by atoms with van der Waals surface area (Å²) in [5.41, 5.74) is 0. The van der Waals surface area contributed by atoms with Gasteiger partial charge in [-0.25, -0.2) is 0 Å². The van der Waals surface area contributed by atoms with Crippen LogP contribution in [0.2, 0.25) is 0 Å². The summed E-state index contributed by atoms with van der Waals surface area (Å²) in [4.78, 5) is 5.19. The predicted molar refractivity (Wildman–Crippen MR) is 74.3 cm³/mol. The van der Waals surface area contributed by atoms with E-state index in [1.807, 2.05) is 0 Å². The lowest BCUT2D eigenvalue weighted by molar-refractivity contribution is 0.0469. The Balaban J connectivity index is 1.87. The lowest BCUT2D eigenvalue weighted by atomic mass is 9.84. The van der Waals surface area contributed by atoms with Crippen LogP contribution >= 0.6 is 0 Å². The van der Waals surface area contributed by atoms with Crippen LogP contribution < -0.4 is 0 Å². The first kappa shape index (κ1) is 13.8. The van der Waals surface area contributed by atoms with Crippen LogP contribution in [0.4, 0.5) is 0 Å². The van der Waals surface area contributed by atoms with Crippen molar-refractivity contribution in [3.05, 3.63) is 0 Å². The van der Waals surface area contributed by atoms with E-state index in [9.17, 15) is 5.26 Å². The molecule has 2 fully saturated rings. The Bertz CT molecular complexity index is 289. The Morgan fingerprint density at radius 2 is 1.83 bits per heavy atom. The fourth-order valence-electron chi connectivity index (χ4n) is 3.47. The van der Waals surface area contributed by atoms with Crippen LogP contribution in [0.15, 0.2) is 0 Å². The molecule has 18 heavy (non-hydrogen) atoms.